The number of benzene rings is 1. The molecule has 0 bridgehead atoms. The van der Waals surface area contributed by atoms with E-state index in [4.69, 9.17) is 0 Å². The summed E-state index contributed by atoms with van der Waals surface area (Å²) in [7, 11) is 0. The van der Waals surface area contributed by atoms with E-state index in [-0.39, 0.29) is 5.91 Å². The van der Waals surface area contributed by atoms with Gasteiger partial charge in [0.25, 0.3) is 0 Å². The van der Waals surface area contributed by atoms with E-state index in [1.165, 1.54) is 0 Å². The van der Waals surface area contributed by atoms with Crippen molar-refractivity contribution in [3.63, 3.8) is 0 Å². The maximum Gasteiger partial charge on any atom is 0.224 e. The van der Waals surface area contributed by atoms with Crippen LogP contribution < -0.4 is 10.6 Å². The Hall–Kier alpha value is -2.37. The van der Waals surface area contributed by atoms with Gasteiger partial charge >= 0.3 is 0 Å². The van der Waals surface area contributed by atoms with Gasteiger partial charge in [-0.1, -0.05) is 0 Å². The van der Waals surface area contributed by atoms with Crippen LogP contribution >= 0.6 is 0 Å². The van der Waals surface area contributed by atoms with Crippen molar-refractivity contribution >= 4 is 17.3 Å². The van der Waals surface area contributed by atoms with Crippen LogP contribution in [0.1, 0.15) is 24.0 Å². The summed E-state index contributed by atoms with van der Waals surface area (Å²) >= 11 is 0. The van der Waals surface area contributed by atoms with Crippen molar-refractivity contribution in [3.05, 3.63) is 41.7 Å². The van der Waals surface area contributed by atoms with Gasteiger partial charge in [-0.3, -0.25) is 9.48 Å². The standard InChI is InChI=1S/C16H19FN4O/c17-6-7-21-11-12(10-19-21)9-18-14-4-5-15-13(8-14)2-1-3-16(22)20-15/h4-5,8,10-11,18H,1-3,6-7,9H2,(H,20,22). The molecule has 1 aliphatic rings. The lowest BCUT2D eigenvalue weighted by Crippen LogP contribution is -2.09. The SMILES string of the molecule is O=C1CCCc2cc(NCc3cnn(CCF)c3)ccc2N1. The average molecular weight is 302 g/mol. The van der Waals surface area contributed by atoms with E-state index in [0.717, 1.165) is 35.3 Å². The first kappa shape index (κ1) is 14.6. The third-order valence-electron chi connectivity index (χ3n) is 3.73. The normalized spacial score (nSPS) is 14.1. The fourth-order valence-electron chi connectivity index (χ4n) is 2.60. The number of amides is 1. The van der Waals surface area contributed by atoms with Crippen LogP contribution in [0, 0.1) is 0 Å². The molecule has 3 rings (SSSR count). The van der Waals surface area contributed by atoms with E-state index in [0.29, 0.717) is 19.5 Å². The van der Waals surface area contributed by atoms with Crippen LogP contribution in [0.3, 0.4) is 0 Å². The molecule has 6 heteroatoms. The number of aryl methyl sites for hydroxylation is 2. The molecule has 1 aromatic carbocycles. The summed E-state index contributed by atoms with van der Waals surface area (Å²) in [5.41, 5.74) is 4.08. The maximum atomic E-state index is 12.3. The minimum atomic E-state index is -0.412. The molecule has 1 aromatic heterocycles. The number of aromatic nitrogens is 2. The van der Waals surface area contributed by atoms with Crippen molar-refractivity contribution in [2.45, 2.75) is 32.4 Å². The van der Waals surface area contributed by atoms with E-state index < -0.39 is 6.67 Å². The molecular weight excluding hydrogens is 283 g/mol. The van der Waals surface area contributed by atoms with Gasteiger partial charge in [0, 0.05) is 36.1 Å². The Morgan fingerprint density at radius 2 is 2.27 bits per heavy atom. The zero-order chi connectivity index (χ0) is 15.4. The maximum absolute atomic E-state index is 12.3. The first-order valence-corrected chi connectivity index (χ1v) is 7.48. The molecule has 1 amide bonds. The molecule has 5 nitrogen and oxygen atoms in total. The van der Waals surface area contributed by atoms with Crippen molar-refractivity contribution in [2.75, 3.05) is 17.3 Å². The van der Waals surface area contributed by atoms with Crippen LogP contribution in [0.2, 0.25) is 0 Å². The largest absolute Gasteiger partial charge is 0.381 e. The van der Waals surface area contributed by atoms with E-state index in [9.17, 15) is 9.18 Å². The molecule has 0 unspecified atom stereocenters. The number of halogens is 1. The topological polar surface area (TPSA) is 59.0 Å². The van der Waals surface area contributed by atoms with Crippen molar-refractivity contribution in [2.24, 2.45) is 0 Å². The van der Waals surface area contributed by atoms with Crippen LogP contribution in [-0.2, 0) is 24.3 Å². The second kappa shape index (κ2) is 6.60. The Kier molecular flexibility index (Phi) is 4.37. The number of anilines is 2. The molecule has 0 radical (unpaired) electrons. The first-order valence-electron chi connectivity index (χ1n) is 7.48. The molecule has 0 saturated carbocycles. The second-order valence-electron chi connectivity index (χ2n) is 5.43. The third kappa shape index (κ3) is 3.44. The smallest absolute Gasteiger partial charge is 0.224 e. The van der Waals surface area contributed by atoms with Gasteiger partial charge in [-0.2, -0.15) is 5.10 Å². The zero-order valence-corrected chi connectivity index (χ0v) is 12.3. The average Bonchev–Trinajstić information content (AvgIpc) is 2.86. The number of hydrogen-bond acceptors (Lipinski definition) is 3. The lowest BCUT2D eigenvalue weighted by Gasteiger charge is -2.10. The molecule has 0 atom stereocenters. The third-order valence-corrected chi connectivity index (χ3v) is 3.73. The van der Waals surface area contributed by atoms with Gasteiger partial charge < -0.3 is 10.6 Å². The van der Waals surface area contributed by atoms with Crippen molar-refractivity contribution in [3.8, 4) is 0 Å². The summed E-state index contributed by atoms with van der Waals surface area (Å²) in [6.45, 7) is 0.515. The van der Waals surface area contributed by atoms with E-state index >= 15 is 0 Å². The molecule has 2 heterocycles. The molecule has 0 saturated heterocycles. The molecule has 1 aliphatic heterocycles. The number of carbonyl (C=O) groups excluding carboxylic acids is 1. The lowest BCUT2D eigenvalue weighted by molar-refractivity contribution is -0.116. The fourth-order valence-corrected chi connectivity index (χ4v) is 2.60. The highest BCUT2D eigenvalue weighted by molar-refractivity contribution is 5.92. The highest BCUT2D eigenvalue weighted by Crippen LogP contribution is 2.25. The van der Waals surface area contributed by atoms with Gasteiger partial charge in [0.2, 0.25) is 5.91 Å². The number of hydrogen-bond donors (Lipinski definition) is 2. The van der Waals surface area contributed by atoms with Gasteiger partial charge in [-0.05, 0) is 36.6 Å². The van der Waals surface area contributed by atoms with Crippen molar-refractivity contribution < 1.29 is 9.18 Å². The monoisotopic (exact) mass is 302 g/mol. The molecule has 0 spiro atoms. The van der Waals surface area contributed by atoms with Gasteiger partial charge in [-0.15, -0.1) is 0 Å². The number of alkyl halides is 1. The minimum Gasteiger partial charge on any atom is -0.381 e. The number of rotatable bonds is 5. The Morgan fingerprint density at radius 1 is 1.36 bits per heavy atom. The van der Waals surface area contributed by atoms with E-state index in [1.807, 2.05) is 18.3 Å². The molecule has 0 fully saturated rings. The fraction of sp³-hybridized carbons (Fsp3) is 0.375. The van der Waals surface area contributed by atoms with Gasteiger partial charge in [0.05, 0.1) is 12.7 Å². The highest BCUT2D eigenvalue weighted by atomic mass is 19.1. The predicted molar refractivity (Wildman–Crippen MR) is 83.5 cm³/mol. The number of nitrogens with zero attached hydrogens (tertiary/aromatic N) is 2. The Bertz CT molecular complexity index is 668. The predicted octanol–water partition coefficient (Wildman–Crippen LogP) is 2.74. The second-order valence-corrected chi connectivity index (χ2v) is 5.43. The summed E-state index contributed by atoms with van der Waals surface area (Å²) in [6, 6.07) is 5.97. The van der Waals surface area contributed by atoms with Crippen molar-refractivity contribution in [1.29, 1.82) is 0 Å². The summed E-state index contributed by atoms with van der Waals surface area (Å²) < 4.78 is 13.9. The van der Waals surface area contributed by atoms with Crippen LogP contribution in [0.25, 0.3) is 0 Å². The lowest BCUT2D eigenvalue weighted by atomic mass is 10.1. The van der Waals surface area contributed by atoms with Crippen LogP contribution in [0.15, 0.2) is 30.6 Å². The summed E-state index contributed by atoms with van der Waals surface area (Å²) in [6.07, 6.45) is 5.93. The van der Waals surface area contributed by atoms with Crippen LogP contribution in [0.5, 0.6) is 0 Å². The first-order chi connectivity index (χ1) is 10.7. The van der Waals surface area contributed by atoms with E-state index in [2.05, 4.69) is 21.8 Å². The Morgan fingerprint density at radius 3 is 3.14 bits per heavy atom. The Labute approximate surface area is 128 Å². The van der Waals surface area contributed by atoms with Gasteiger partial charge in [0.15, 0.2) is 0 Å². The van der Waals surface area contributed by atoms with Gasteiger partial charge in [0.1, 0.15) is 6.67 Å². The quantitative estimate of drug-likeness (QED) is 0.893. The van der Waals surface area contributed by atoms with Crippen LogP contribution in [-0.4, -0.2) is 22.4 Å². The molecule has 116 valence electrons. The molecule has 0 aliphatic carbocycles. The minimum absolute atomic E-state index is 0.0831. The number of carbonyl (C=O) groups is 1. The summed E-state index contributed by atoms with van der Waals surface area (Å²) in [5, 5.41) is 10.4. The molecule has 2 aromatic rings. The van der Waals surface area contributed by atoms with E-state index in [1.54, 1.807) is 10.9 Å². The zero-order valence-electron chi connectivity index (χ0n) is 12.3. The number of fused-ring (bicyclic) bond motifs is 1. The number of nitrogens with one attached hydrogen (secondary N) is 2. The summed E-state index contributed by atoms with van der Waals surface area (Å²) in [5.74, 6) is 0.0831. The van der Waals surface area contributed by atoms with Crippen LogP contribution in [0.4, 0.5) is 15.8 Å². The molecule has 22 heavy (non-hydrogen) atoms. The highest BCUT2D eigenvalue weighted by Gasteiger charge is 2.12. The molecular formula is C16H19FN4O. The summed E-state index contributed by atoms with van der Waals surface area (Å²) in [4.78, 5) is 11.5. The van der Waals surface area contributed by atoms with Gasteiger partial charge in [-0.25, -0.2) is 4.39 Å². The van der Waals surface area contributed by atoms with Crippen molar-refractivity contribution in [1.82, 2.24) is 9.78 Å². The molecule has 2 N–H and O–H groups in total. The Balaban J connectivity index is 1.65.